The van der Waals surface area contributed by atoms with Gasteiger partial charge in [-0.15, -0.1) is 0 Å². The minimum Gasteiger partial charge on any atom is -0.198 e. The van der Waals surface area contributed by atoms with E-state index in [0.717, 1.165) is 31.1 Å². The lowest BCUT2D eigenvalue weighted by molar-refractivity contribution is 0.224. The number of hydrogen-bond acceptors (Lipinski definition) is 1. The van der Waals surface area contributed by atoms with Gasteiger partial charge in [0.1, 0.15) is 0 Å². The highest BCUT2D eigenvalue weighted by molar-refractivity contribution is 5.26. The third-order valence-electron chi connectivity index (χ3n) is 8.41. The van der Waals surface area contributed by atoms with Gasteiger partial charge in [-0.2, -0.15) is 5.26 Å². The zero-order valence-corrected chi connectivity index (χ0v) is 19.8. The van der Waals surface area contributed by atoms with E-state index in [1.807, 2.05) is 0 Å². The van der Waals surface area contributed by atoms with E-state index in [-0.39, 0.29) is 5.41 Å². The van der Waals surface area contributed by atoms with Crippen molar-refractivity contribution in [3.05, 3.63) is 35.4 Å². The predicted octanol–water partition coefficient (Wildman–Crippen LogP) is 8.97. The van der Waals surface area contributed by atoms with Crippen molar-refractivity contribution in [3.8, 4) is 6.07 Å². The Kier molecular flexibility index (Phi) is 9.29. The fraction of sp³-hybridized carbons (Fsp3) is 0.759. The molecule has 0 spiro atoms. The van der Waals surface area contributed by atoms with Crippen molar-refractivity contribution < 1.29 is 0 Å². The molecule has 2 aliphatic rings. The molecule has 0 N–H and O–H groups in total. The van der Waals surface area contributed by atoms with E-state index in [1.165, 1.54) is 94.6 Å². The van der Waals surface area contributed by atoms with Crippen molar-refractivity contribution in [1.29, 1.82) is 5.26 Å². The smallest absolute Gasteiger partial charge is 0.0689 e. The summed E-state index contributed by atoms with van der Waals surface area (Å²) in [6.07, 6.45) is 20.9. The molecule has 0 heterocycles. The Balaban J connectivity index is 1.41. The molecule has 1 aromatic carbocycles. The first kappa shape index (κ1) is 23.4. The maximum atomic E-state index is 9.73. The second-order valence-electron chi connectivity index (χ2n) is 10.6. The number of nitriles is 1. The van der Waals surface area contributed by atoms with E-state index in [2.05, 4.69) is 44.2 Å². The van der Waals surface area contributed by atoms with Gasteiger partial charge in [0.2, 0.25) is 0 Å². The van der Waals surface area contributed by atoms with E-state index in [4.69, 9.17) is 0 Å². The summed E-state index contributed by atoms with van der Waals surface area (Å²) in [5.74, 6) is 2.65. The van der Waals surface area contributed by atoms with Gasteiger partial charge in [0, 0.05) is 0 Å². The largest absolute Gasteiger partial charge is 0.198 e. The molecule has 2 saturated carbocycles. The Labute approximate surface area is 186 Å². The molecule has 0 amide bonds. The molecule has 0 radical (unpaired) electrons. The normalized spacial score (nSPS) is 29.4. The maximum Gasteiger partial charge on any atom is 0.0689 e. The lowest BCUT2D eigenvalue weighted by Gasteiger charge is -2.35. The molecule has 30 heavy (non-hydrogen) atoms. The fourth-order valence-electron chi connectivity index (χ4n) is 6.07. The summed E-state index contributed by atoms with van der Waals surface area (Å²) in [6, 6.07) is 12.3. The summed E-state index contributed by atoms with van der Waals surface area (Å²) in [6.45, 7) is 4.55. The van der Waals surface area contributed by atoms with Gasteiger partial charge in [0.15, 0.2) is 0 Å². The average Bonchev–Trinajstić information content (AvgIpc) is 2.81. The summed E-state index contributed by atoms with van der Waals surface area (Å²) in [7, 11) is 0. The summed E-state index contributed by atoms with van der Waals surface area (Å²) >= 11 is 0. The standard InChI is InChI=1S/C29H45N/c1-3-5-7-24-8-10-25(11-9-24)12-13-26-14-16-27(17-15-26)28-18-21-29(23-30,22-19-28)20-6-4-2/h14-17,24-25,28H,3-13,18-22H2,1-2H3. The third kappa shape index (κ3) is 6.60. The molecule has 1 heteroatoms. The number of hydrogen-bond donors (Lipinski definition) is 0. The van der Waals surface area contributed by atoms with Gasteiger partial charge >= 0.3 is 0 Å². The van der Waals surface area contributed by atoms with Crippen LogP contribution in [0.25, 0.3) is 0 Å². The van der Waals surface area contributed by atoms with Crippen LogP contribution in [0, 0.1) is 28.6 Å². The van der Waals surface area contributed by atoms with Crippen LogP contribution in [-0.2, 0) is 6.42 Å². The highest BCUT2D eigenvalue weighted by Crippen LogP contribution is 2.45. The molecule has 0 aliphatic heterocycles. The van der Waals surface area contributed by atoms with E-state index in [1.54, 1.807) is 0 Å². The molecule has 0 bridgehead atoms. The average molecular weight is 408 g/mol. The summed E-state index contributed by atoms with van der Waals surface area (Å²) in [5.41, 5.74) is 3.01. The lowest BCUT2D eigenvalue weighted by Crippen LogP contribution is -2.25. The van der Waals surface area contributed by atoms with Gasteiger partial charge in [0.05, 0.1) is 11.5 Å². The monoisotopic (exact) mass is 407 g/mol. The molecule has 0 saturated heterocycles. The zero-order valence-electron chi connectivity index (χ0n) is 19.8. The molecule has 2 fully saturated rings. The van der Waals surface area contributed by atoms with Crippen LogP contribution in [0.5, 0.6) is 0 Å². The van der Waals surface area contributed by atoms with Gasteiger partial charge < -0.3 is 0 Å². The van der Waals surface area contributed by atoms with E-state index < -0.39 is 0 Å². The second kappa shape index (κ2) is 11.9. The topological polar surface area (TPSA) is 23.8 Å². The quantitative estimate of drug-likeness (QED) is 0.379. The summed E-state index contributed by atoms with van der Waals surface area (Å²) in [5, 5.41) is 9.73. The van der Waals surface area contributed by atoms with Crippen LogP contribution < -0.4 is 0 Å². The SMILES string of the molecule is CCCCC1CCC(CCc2ccc(C3CCC(C#N)(CCCC)CC3)cc2)CC1. The molecule has 3 rings (SSSR count). The van der Waals surface area contributed by atoms with E-state index in [9.17, 15) is 5.26 Å². The van der Waals surface area contributed by atoms with Crippen LogP contribution in [-0.4, -0.2) is 0 Å². The van der Waals surface area contributed by atoms with Crippen molar-refractivity contribution >= 4 is 0 Å². The van der Waals surface area contributed by atoms with Crippen LogP contribution in [0.3, 0.4) is 0 Å². The first-order valence-electron chi connectivity index (χ1n) is 13.2. The molecule has 2 aliphatic carbocycles. The molecular weight excluding hydrogens is 362 g/mol. The number of unbranched alkanes of at least 4 members (excludes halogenated alkanes) is 2. The number of benzene rings is 1. The molecular formula is C29H45N. The number of rotatable bonds is 10. The molecule has 1 aromatic rings. The van der Waals surface area contributed by atoms with Gasteiger partial charge in [-0.1, -0.05) is 95.9 Å². The van der Waals surface area contributed by atoms with E-state index >= 15 is 0 Å². The van der Waals surface area contributed by atoms with Crippen molar-refractivity contribution in [2.45, 2.75) is 122 Å². The van der Waals surface area contributed by atoms with Crippen LogP contribution in [0.1, 0.15) is 127 Å². The number of aryl methyl sites for hydroxylation is 1. The predicted molar refractivity (Wildman–Crippen MR) is 129 cm³/mol. The van der Waals surface area contributed by atoms with Gasteiger partial charge in [-0.05, 0) is 73.8 Å². The maximum absolute atomic E-state index is 9.73. The Morgan fingerprint density at radius 2 is 1.43 bits per heavy atom. The van der Waals surface area contributed by atoms with Gasteiger partial charge in [-0.3, -0.25) is 0 Å². The lowest BCUT2D eigenvalue weighted by atomic mass is 9.67. The Hall–Kier alpha value is -1.29. The molecule has 0 atom stereocenters. The van der Waals surface area contributed by atoms with Crippen LogP contribution in [0.15, 0.2) is 24.3 Å². The van der Waals surface area contributed by atoms with Crippen LogP contribution in [0.2, 0.25) is 0 Å². The Morgan fingerprint density at radius 3 is 2.00 bits per heavy atom. The number of nitrogens with zero attached hydrogens (tertiary/aromatic N) is 1. The Morgan fingerprint density at radius 1 is 0.833 bits per heavy atom. The first-order valence-corrected chi connectivity index (χ1v) is 13.2. The minimum atomic E-state index is -0.0258. The minimum absolute atomic E-state index is 0.0258. The first-order chi connectivity index (χ1) is 14.7. The van der Waals surface area contributed by atoms with Crippen molar-refractivity contribution in [2.24, 2.45) is 17.3 Å². The van der Waals surface area contributed by atoms with Crippen LogP contribution in [0.4, 0.5) is 0 Å². The van der Waals surface area contributed by atoms with Gasteiger partial charge in [-0.25, -0.2) is 0 Å². The fourth-order valence-corrected chi connectivity index (χ4v) is 6.07. The van der Waals surface area contributed by atoms with Crippen molar-refractivity contribution in [2.75, 3.05) is 0 Å². The third-order valence-corrected chi connectivity index (χ3v) is 8.41. The highest BCUT2D eigenvalue weighted by Gasteiger charge is 2.35. The zero-order chi connectivity index (χ0) is 21.2. The molecule has 1 nitrogen and oxygen atoms in total. The van der Waals surface area contributed by atoms with Crippen LogP contribution >= 0.6 is 0 Å². The molecule has 0 unspecified atom stereocenters. The summed E-state index contributed by atoms with van der Waals surface area (Å²) < 4.78 is 0. The van der Waals surface area contributed by atoms with E-state index in [0.29, 0.717) is 5.92 Å². The second-order valence-corrected chi connectivity index (χ2v) is 10.6. The molecule has 166 valence electrons. The summed E-state index contributed by atoms with van der Waals surface area (Å²) in [4.78, 5) is 0. The van der Waals surface area contributed by atoms with Crippen molar-refractivity contribution in [1.82, 2.24) is 0 Å². The van der Waals surface area contributed by atoms with Gasteiger partial charge in [0.25, 0.3) is 0 Å². The van der Waals surface area contributed by atoms with Crippen molar-refractivity contribution in [3.63, 3.8) is 0 Å². The molecule has 0 aromatic heterocycles. The highest BCUT2D eigenvalue weighted by atomic mass is 14.4. The Bertz CT molecular complexity index is 636.